The molecule has 1 saturated carbocycles. The number of hydrogen-bond acceptors (Lipinski definition) is 4. The van der Waals surface area contributed by atoms with Crippen LogP contribution in [0.3, 0.4) is 0 Å². The van der Waals surface area contributed by atoms with E-state index in [0.29, 0.717) is 13.0 Å². The molecule has 2 atom stereocenters. The molecule has 0 amide bonds. The summed E-state index contributed by atoms with van der Waals surface area (Å²) in [6.07, 6.45) is 3.45. The summed E-state index contributed by atoms with van der Waals surface area (Å²) in [7, 11) is 1.66. The molecule has 0 spiro atoms. The fraction of sp³-hybridized carbons (Fsp3) is 0.923. The Labute approximate surface area is 104 Å². The largest absolute Gasteiger partial charge is 0.465 e. The Hall–Kier alpha value is -0.610. The van der Waals surface area contributed by atoms with Crippen molar-refractivity contribution in [2.75, 3.05) is 13.7 Å². The third kappa shape index (κ3) is 3.42. The molecule has 0 aromatic rings. The molecule has 2 N–H and O–H groups in total. The summed E-state index contributed by atoms with van der Waals surface area (Å²) in [5.74, 6) is -0.158. The van der Waals surface area contributed by atoms with E-state index in [1.54, 1.807) is 7.11 Å². The van der Waals surface area contributed by atoms with Crippen molar-refractivity contribution in [1.29, 1.82) is 0 Å². The first kappa shape index (κ1) is 14.5. The average molecular weight is 243 g/mol. The molecule has 4 nitrogen and oxygen atoms in total. The quantitative estimate of drug-likeness (QED) is 0.749. The van der Waals surface area contributed by atoms with Gasteiger partial charge in [-0.1, -0.05) is 6.42 Å². The maximum atomic E-state index is 12.0. The van der Waals surface area contributed by atoms with Gasteiger partial charge < -0.3 is 15.2 Å². The Kier molecular flexibility index (Phi) is 4.55. The van der Waals surface area contributed by atoms with Crippen LogP contribution >= 0.6 is 0 Å². The molecule has 1 fully saturated rings. The highest BCUT2D eigenvalue weighted by atomic mass is 16.5. The molecule has 1 aliphatic carbocycles. The highest BCUT2D eigenvalue weighted by Crippen LogP contribution is 2.37. The predicted molar refractivity (Wildman–Crippen MR) is 66.6 cm³/mol. The standard InChI is InChI=1S/C13H25NO3/c1-12(2,16-4)8-9-17-11(15)13(3)7-5-6-10(13)14/h10H,5-9,14H2,1-4H3. The van der Waals surface area contributed by atoms with E-state index < -0.39 is 5.41 Å². The third-order valence-electron chi connectivity index (χ3n) is 3.99. The number of carbonyl (C=O) groups is 1. The second-order valence-corrected chi connectivity index (χ2v) is 5.77. The van der Waals surface area contributed by atoms with E-state index in [9.17, 15) is 4.79 Å². The molecule has 4 heteroatoms. The summed E-state index contributed by atoms with van der Waals surface area (Å²) in [6, 6.07) is -0.0644. The molecule has 0 saturated heterocycles. The Balaban J connectivity index is 2.40. The van der Waals surface area contributed by atoms with E-state index in [4.69, 9.17) is 15.2 Å². The third-order valence-corrected chi connectivity index (χ3v) is 3.99. The number of carbonyl (C=O) groups excluding carboxylic acids is 1. The topological polar surface area (TPSA) is 61.5 Å². The van der Waals surface area contributed by atoms with Crippen LogP contribution in [0.4, 0.5) is 0 Å². The van der Waals surface area contributed by atoms with Gasteiger partial charge in [-0.3, -0.25) is 4.79 Å². The molecule has 100 valence electrons. The van der Waals surface area contributed by atoms with Gasteiger partial charge in [0, 0.05) is 19.6 Å². The van der Waals surface area contributed by atoms with Gasteiger partial charge in [-0.25, -0.2) is 0 Å². The summed E-state index contributed by atoms with van der Waals surface area (Å²) < 4.78 is 10.6. The Morgan fingerprint density at radius 1 is 1.53 bits per heavy atom. The van der Waals surface area contributed by atoms with Crippen LogP contribution < -0.4 is 5.73 Å². The van der Waals surface area contributed by atoms with E-state index >= 15 is 0 Å². The summed E-state index contributed by atoms with van der Waals surface area (Å²) in [5, 5.41) is 0. The zero-order valence-electron chi connectivity index (χ0n) is 11.4. The summed E-state index contributed by atoms with van der Waals surface area (Å²) in [5.41, 5.74) is 5.23. The van der Waals surface area contributed by atoms with E-state index in [1.807, 2.05) is 20.8 Å². The lowest BCUT2D eigenvalue weighted by Crippen LogP contribution is -2.42. The van der Waals surface area contributed by atoms with Gasteiger partial charge in [0.1, 0.15) is 0 Å². The van der Waals surface area contributed by atoms with Crippen LogP contribution in [0.15, 0.2) is 0 Å². The lowest BCUT2D eigenvalue weighted by Gasteiger charge is -2.28. The minimum Gasteiger partial charge on any atom is -0.465 e. The van der Waals surface area contributed by atoms with E-state index in [2.05, 4.69) is 0 Å². The minimum atomic E-state index is -0.489. The van der Waals surface area contributed by atoms with Crippen molar-refractivity contribution >= 4 is 5.97 Å². The predicted octanol–water partition coefficient (Wildman–Crippen LogP) is 1.86. The van der Waals surface area contributed by atoms with Gasteiger partial charge in [-0.15, -0.1) is 0 Å². The molecule has 0 aromatic carbocycles. The van der Waals surface area contributed by atoms with Gasteiger partial charge in [0.25, 0.3) is 0 Å². The first-order valence-corrected chi connectivity index (χ1v) is 6.30. The Morgan fingerprint density at radius 3 is 2.65 bits per heavy atom. The van der Waals surface area contributed by atoms with E-state index in [1.165, 1.54) is 0 Å². The van der Waals surface area contributed by atoms with Crippen molar-refractivity contribution in [1.82, 2.24) is 0 Å². The van der Waals surface area contributed by atoms with Crippen molar-refractivity contribution in [3.63, 3.8) is 0 Å². The van der Waals surface area contributed by atoms with Crippen LogP contribution in [0.25, 0.3) is 0 Å². The fourth-order valence-corrected chi connectivity index (χ4v) is 2.10. The molecule has 0 aliphatic heterocycles. The van der Waals surface area contributed by atoms with Crippen LogP contribution in [0, 0.1) is 5.41 Å². The number of esters is 1. The molecule has 17 heavy (non-hydrogen) atoms. The Bertz CT molecular complexity index is 278. The number of nitrogens with two attached hydrogens (primary N) is 1. The maximum absolute atomic E-state index is 12.0. The summed E-state index contributed by atoms with van der Waals surface area (Å²) >= 11 is 0. The van der Waals surface area contributed by atoms with Gasteiger partial charge in [0.05, 0.1) is 17.6 Å². The van der Waals surface area contributed by atoms with Crippen LogP contribution in [0.2, 0.25) is 0 Å². The zero-order chi connectivity index (χ0) is 13.1. The highest BCUT2D eigenvalue weighted by Gasteiger charge is 2.44. The first-order chi connectivity index (χ1) is 7.82. The molecule has 0 bridgehead atoms. The number of ether oxygens (including phenoxy) is 2. The van der Waals surface area contributed by atoms with Gasteiger partial charge in [0.15, 0.2) is 0 Å². The van der Waals surface area contributed by atoms with Gasteiger partial charge in [-0.05, 0) is 33.6 Å². The minimum absolute atomic E-state index is 0.0644. The number of rotatable bonds is 5. The fourth-order valence-electron chi connectivity index (χ4n) is 2.10. The molecule has 0 heterocycles. The Morgan fingerprint density at radius 2 is 2.18 bits per heavy atom. The van der Waals surface area contributed by atoms with Crippen molar-refractivity contribution in [2.45, 2.75) is 58.1 Å². The van der Waals surface area contributed by atoms with Crippen molar-refractivity contribution in [2.24, 2.45) is 11.1 Å². The van der Waals surface area contributed by atoms with Crippen LogP contribution in [-0.4, -0.2) is 31.3 Å². The molecule has 1 rings (SSSR count). The van der Waals surface area contributed by atoms with Gasteiger partial charge in [-0.2, -0.15) is 0 Å². The summed E-state index contributed by atoms with van der Waals surface area (Å²) in [4.78, 5) is 12.0. The van der Waals surface area contributed by atoms with Gasteiger partial charge >= 0.3 is 5.97 Å². The maximum Gasteiger partial charge on any atom is 0.313 e. The summed E-state index contributed by atoms with van der Waals surface area (Å²) in [6.45, 7) is 6.25. The second-order valence-electron chi connectivity index (χ2n) is 5.77. The first-order valence-electron chi connectivity index (χ1n) is 6.30. The lowest BCUT2D eigenvalue weighted by molar-refractivity contribution is -0.156. The average Bonchev–Trinajstić information content (AvgIpc) is 2.60. The normalized spacial score (nSPS) is 29.4. The zero-order valence-corrected chi connectivity index (χ0v) is 11.4. The molecule has 0 radical (unpaired) electrons. The van der Waals surface area contributed by atoms with Crippen LogP contribution in [0.1, 0.15) is 46.5 Å². The van der Waals surface area contributed by atoms with E-state index in [-0.39, 0.29) is 17.6 Å². The van der Waals surface area contributed by atoms with Crippen molar-refractivity contribution < 1.29 is 14.3 Å². The van der Waals surface area contributed by atoms with Crippen molar-refractivity contribution in [3.8, 4) is 0 Å². The number of hydrogen-bond donors (Lipinski definition) is 1. The highest BCUT2D eigenvalue weighted by molar-refractivity contribution is 5.77. The van der Waals surface area contributed by atoms with Crippen LogP contribution in [-0.2, 0) is 14.3 Å². The van der Waals surface area contributed by atoms with Crippen LogP contribution in [0.5, 0.6) is 0 Å². The van der Waals surface area contributed by atoms with Crippen molar-refractivity contribution in [3.05, 3.63) is 0 Å². The molecular formula is C13H25NO3. The molecule has 2 unspecified atom stereocenters. The lowest BCUT2D eigenvalue weighted by atomic mass is 9.85. The SMILES string of the molecule is COC(C)(C)CCOC(=O)C1(C)CCCC1N. The number of methoxy groups -OCH3 is 1. The smallest absolute Gasteiger partial charge is 0.313 e. The van der Waals surface area contributed by atoms with E-state index in [0.717, 1.165) is 19.3 Å². The van der Waals surface area contributed by atoms with Gasteiger partial charge in [0.2, 0.25) is 0 Å². The molecule has 1 aliphatic rings. The molecular weight excluding hydrogens is 218 g/mol. The monoisotopic (exact) mass is 243 g/mol. The molecule has 0 aromatic heterocycles. The second kappa shape index (κ2) is 5.36.